The van der Waals surface area contributed by atoms with E-state index >= 15 is 0 Å². The van der Waals surface area contributed by atoms with E-state index in [2.05, 4.69) is 28.1 Å². The molecule has 3 aromatic heterocycles. The molecule has 23 heavy (non-hydrogen) atoms. The van der Waals surface area contributed by atoms with Crippen molar-refractivity contribution in [1.29, 1.82) is 0 Å². The van der Waals surface area contributed by atoms with Crippen LogP contribution in [0, 0.1) is 13.8 Å². The summed E-state index contributed by atoms with van der Waals surface area (Å²) in [5.41, 5.74) is 5.14. The van der Waals surface area contributed by atoms with Crippen LogP contribution in [0.4, 0.5) is 0 Å². The van der Waals surface area contributed by atoms with E-state index in [-0.39, 0.29) is 16.9 Å². The average molecular weight is 327 g/mol. The number of aromatic amines is 1. The maximum Gasteiger partial charge on any atom is 0.259 e. The van der Waals surface area contributed by atoms with Crippen molar-refractivity contribution in [3.63, 3.8) is 0 Å². The Kier molecular flexibility index (Phi) is 5.08. The Morgan fingerprint density at radius 2 is 2.09 bits per heavy atom. The zero-order valence-electron chi connectivity index (χ0n) is 13.0. The number of hydrogen-bond acceptors (Lipinski definition) is 5. The first-order chi connectivity index (χ1) is 10.9. The van der Waals surface area contributed by atoms with E-state index in [1.165, 1.54) is 11.6 Å². The van der Waals surface area contributed by atoms with Crippen LogP contribution in [0.15, 0.2) is 41.8 Å². The summed E-state index contributed by atoms with van der Waals surface area (Å²) in [5.74, 6) is -0.240. The van der Waals surface area contributed by atoms with Gasteiger partial charge in [0.15, 0.2) is 0 Å². The lowest BCUT2D eigenvalue weighted by Crippen LogP contribution is -2.14. The minimum absolute atomic E-state index is 0.181. The summed E-state index contributed by atoms with van der Waals surface area (Å²) < 4.78 is 0. The van der Waals surface area contributed by atoms with Gasteiger partial charge in [0.2, 0.25) is 0 Å². The molecule has 0 bridgehead atoms. The molecule has 3 aromatic rings. The van der Waals surface area contributed by atoms with E-state index < -0.39 is 0 Å². The van der Waals surface area contributed by atoms with Gasteiger partial charge in [-0.2, -0.15) is 0 Å². The number of thiazole rings is 1. The standard InChI is InChI=1S/C10H11NO2.C7H6N2S/c1-4-8-5-6(2)11-10(13)9(8)7(3)12;1-5-2-6-7(8-3-5)10-4-9-6/h4-5,12H,1,3H2,2H3,(H,11,13);2-4H,1H3. The number of hydrogen-bond donors (Lipinski definition) is 2. The molecule has 0 atom stereocenters. The molecule has 0 saturated heterocycles. The minimum Gasteiger partial charge on any atom is -0.508 e. The first kappa shape index (κ1) is 16.6. The van der Waals surface area contributed by atoms with Crippen molar-refractivity contribution in [2.75, 3.05) is 0 Å². The fraction of sp³-hybridized carbons (Fsp3) is 0.118. The quantitative estimate of drug-likeness (QED) is 0.701. The number of nitrogens with one attached hydrogen (secondary N) is 1. The zero-order chi connectivity index (χ0) is 17.0. The molecule has 0 aliphatic rings. The Bertz CT molecular complexity index is 925. The molecule has 0 aliphatic carbocycles. The van der Waals surface area contributed by atoms with Crippen LogP contribution in [0.2, 0.25) is 0 Å². The van der Waals surface area contributed by atoms with Crippen LogP contribution in [0.1, 0.15) is 22.4 Å². The minimum atomic E-state index is -0.345. The summed E-state index contributed by atoms with van der Waals surface area (Å²) >= 11 is 1.57. The number of aliphatic hydroxyl groups is 1. The molecule has 118 valence electrons. The van der Waals surface area contributed by atoms with Crippen LogP contribution in [-0.2, 0) is 0 Å². The number of aryl methyl sites for hydroxylation is 2. The first-order valence-corrected chi connectivity index (χ1v) is 7.70. The van der Waals surface area contributed by atoms with Gasteiger partial charge in [-0.1, -0.05) is 19.2 Å². The van der Waals surface area contributed by atoms with E-state index in [9.17, 15) is 4.79 Å². The summed E-state index contributed by atoms with van der Waals surface area (Å²) in [6, 6.07) is 3.77. The van der Waals surface area contributed by atoms with Gasteiger partial charge in [0.25, 0.3) is 5.56 Å². The third kappa shape index (κ3) is 3.92. The number of fused-ring (bicyclic) bond motifs is 1. The summed E-state index contributed by atoms with van der Waals surface area (Å²) in [4.78, 5) is 23.3. The van der Waals surface area contributed by atoms with Crippen LogP contribution in [0.5, 0.6) is 0 Å². The fourth-order valence-electron chi connectivity index (χ4n) is 2.03. The van der Waals surface area contributed by atoms with Crippen LogP contribution in [-0.4, -0.2) is 20.1 Å². The maximum atomic E-state index is 11.3. The van der Waals surface area contributed by atoms with Gasteiger partial charge < -0.3 is 10.1 Å². The normalized spacial score (nSPS) is 10.0. The van der Waals surface area contributed by atoms with Crippen molar-refractivity contribution in [3.05, 3.63) is 69.7 Å². The molecule has 5 nitrogen and oxygen atoms in total. The van der Waals surface area contributed by atoms with Crippen LogP contribution < -0.4 is 5.56 Å². The average Bonchev–Trinajstić information content (AvgIpc) is 2.93. The van der Waals surface area contributed by atoms with Gasteiger partial charge >= 0.3 is 0 Å². The van der Waals surface area contributed by atoms with Crippen molar-refractivity contribution < 1.29 is 5.11 Å². The van der Waals surface area contributed by atoms with E-state index in [1.807, 2.05) is 24.7 Å². The predicted molar refractivity (Wildman–Crippen MR) is 95.7 cm³/mol. The molecule has 0 aliphatic heterocycles. The first-order valence-electron chi connectivity index (χ1n) is 6.83. The molecular formula is C17H17N3O2S. The molecule has 0 aromatic carbocycles. The van der Waals surface area contributed by atoms with Gasteiger partial charge in [0.05, 0.1) is 11.1 Å². The summed E-state index contributed by atoms with van der Waals surface area (Å²) in [5, 5.41) is 9.15. The number of H-pyrrole nitrogens is 1. The van der Waals surface area contributed by atoms with Gasteiger partial charge in [-0.05, 0) is 37.1 Å². The van der Waals surface area contributed by atoms with Crippen LogP contribution in [0.25, 0.3) is 22.2 Å². The Hall–Kier alpha value is -2.73. The van der Waals surface area contributed by atoms with Crippen LogP contribution in [0.3, 0.4) is 0 Å². The largest absolute Gasteiger partial charge is 0.508 e. The number of aromatic nitrogens is 3. The SMILES string of the molecule is C=Cc1cc(C)[nH]c(=O)c1C(=C)O.Cc1cnc2scnc2c1. The van der Waals surface area contributed by atoms with Crippen molar-refractivity contribution >= 4 is 33.5 Å². The molecule has 0 saturated carbocycles. The number of aliphatic hydroxyl groups excluding tert-OH is 1. The third-order valence-electron chi connectivity index (χ3n) is 3.03. The second-order valence-corrected chi connectivity index (χ2v) is 5.79. The second kappa shape index (κ2) is 7.02. The van der Waals surface area contributed by atoms with E-state index in [1.54, 1.807) is 24.3 Å². The molecule has 0 unspecified atom stereocenters. The van der Waals surface area contributed by atoms with Crippen molar-refractivity contribution in [1.82, 2.24) is 15.0 Å². The highest BCUT2D eigenvalue weighted by Crippen LogP contribution is 2.14. The molecule has 3 rings (SSSR count). The van der Waals surface area contributed by atoms with Gasteiger partial charge in [-0.15, -0.1) is 11.3 Å². The molecule has 2 N–H and O–H groups in total. The molecule has 0 amide bonds. The van der Waals surface area contributed by atoms with Crippen LogP contribution >= 0.6 is 11.3 Å². The fourth-order valence-corrected chi connectivity index (χ4v) is 2.64. The summed E-state index contributed by atoms with van der Waals surface area (Å²) in [7, 11) is 0. The Morgan fingerprint density at radius 3 is 2.74 bits per heavy atom. The Balaban J connectivity index is 0.000000172. The summed E-state index contributed by atoms with van der Waals surface area (Å²) in [6.45, 7) is 10.6. The highest BCUT2D eigenvalue weighted by Gasteiger charge is 2.07. The monoisotopic (exact) mass is 327 g/mol. The van der Waals surface area contributed by atoms with Gasteiger partial charge in [-0.3, -0.25) is 4.79 Å². The number of rotatable bonds is 2. The lowest BCUT2D eigenvalue weighted by Gasteiger charge is -2.03. The van der Waals surface area contributed by atoms with Gasteiger partial charge in [0.1, 0.15) is 16.1 Å². The second-order valence-electron chi connectivity index (χ2n) is 4.95. The molecular weight excluding hydrogens is 310 g/mol. The highest BCUT2D eigenvalue weighted by atomic mass is 32.1. The van der Waals surface area contributed by atoms with E-state index in [0.29, 0.717) is 5.56 Å². The third-order valence-corrected chi connectivity index (χ3v) is 3.78. The predicted octanol–water partition coefficient (Wildman–Crippen LogP) is 3.85. The van der Waals surface area contributed by atoms with E-state index in [4.69, 9.17) is 5.11 Å². The lowest BCUT2D eigenvalue weighted by atomic mass is 10.1. The molecule has 0 spiro atoms. The lowest BCUT2D eigenvalue weighted by molar-refractivity contribution is 0.512. The Labute approximate surface area is 137 Å². The van der Waals surface area contributed by atoms with Gasteiger partial charge in [-0.25, -0.2) is 9.97 Å². The van der Waals surface area contributed by atoms with Crippen molar-refractivity contribution in [2.45, 2.75) is 13.8 Å². The number of pyridine rings is 2. The van der Waals surface area contributed by atoms with Crippen molar-refractivity contribution in [2.24, 2.45) is 0 Å². The molecule has 0 radical (unpaired) electrons. The molecule has 0 fully saturated rings. The molecule has 3 heterocycles. The Morgan fingerprint density at radius 1 is 1.35 bits per heavy atom. The van der Waals surface area contributed by atoms with Crippen molar-refractivity contribution in [3.8, 4) is 0 Å². The molecule has 6 heteroatoms. The van der Waals surface area contributed by atoms with E-state index in [0.717, 1.165) is 16.0 Å². The smallest absolute Gasteiger partial charge is 0.259 e. The highest BCUT2D eigenvalue weighted by molar-refractivity contribution is 7.16. The van der Waals surface area contributed by atoms with Gasteiger partial charge in [0, 0.05) is 11.9 Å². The topological polar surface area (TPSA) is 78.9 Å². The summed E-state index contributed by atoms with van der Waals surface area (Å²) in [6.07, 6.45) is 3.37. The maximum absolute atomic E-state index is 11.3. The zero-order valence-corrected chi connectivity index (χ0v) is 13.8. The number of nitrogens with zero attached hydrogens (tertiary/aromatic N) is 2.